The van der Waals surface area contributed by atoms with Crippen molar-refractivity contribution in [2.75, 3.05) is 25.1 Å². The van der Waals surface area contributed by atoms with E-state index >= 15 is 0 Å². The minimum atomic E-state index is -0.984. The molecule has 1 aromatic carbocycles. The molecule has 4 nitrogen and oxygen atoms in total. The summed E-state index contributed by atoms with van der Waals surface area (Å²) in [7, 11) is 0. The van der Waals surface area contributed by atoms with Crippen LogP contribution in [0.2, 0.25) is 5.02 Å². The first kappa shape index (κ1) is 12.8. The van der Waals surface area contributed by atoms with Gasteiger partial charge in [-0.1, -0.05) is 11.6 Å². The van der Waals surface area contributed by atoms with E-state index in [-0.39, 0.29) is 5.56 Å². The highest BCUT2D eigenvalue weighted by molar-refractivity contribution is 6.33. The van der Waals surface area contributed by atoms with Crippen LogP contribution < -0.4 is 5.32 Å². The zero-order valence-electron chi connectivity index (χ0n) is 9.00. The molecule has 0 radical (unpaired) electrons. The average molecular weight is 244 g/mol. The van der Waals surface area contributed by atoms with Crippen LogP contribution in [0.4, 0.5) is 5.69 Å². The molecule has 88 valence electrons. The number of benzene rings is 1. The first-order valence-corrected chi connectivity index (χ1v) is 5.37. The van der Waals surface area contributed by atoms with E-state index in [9.17, 15) is 4.79 Å². The summed E-state index contributed by atoms with van der Waals surface area (Å²) in [6.45, 7) is 3.83. The van der Waals surface area contributed by atoms with Gasteiger partial charge in [0.15, 0.2) is 0 Å². The Morgan fingerprint density at radius 1 is 1.56 bits per heavy atom. The summed E-state index contributed by atoms with van der Waals surface area (Å²) in [6.07, 6.45) is 0. The maximum Gasteiger partial charge on any atom is 0.335 e. The quantitative estimate of drug-likeness (QED) is 0.754. The number of hydrogen-bond donors (Lipinski definition) is 2. The van der Waals surface area contributed by atoms with Crippen LogP contribution in [0.15, 0.2) is 18.2 Å². The molecule has 1 rings (SSSR count). The minimum Gasteiger partial charge on any atom is -0.478 e. The maximum atomic E-state index is 10.7. The van der Waals surface area contributed by atoms with Crippen molar-refractivity contribution in [3.05, 3.63) is 28.8 Å². The van der Waals surface area contributed by atoms with Crippen molar-refractivity contribution in [1.82, 2.24) is 0 Å². The molecule has 0 saturated heterocycles. The van der Waals surface area contributed by atoms with Crippen molar-refractivity contribution >= 4 is 23.3 Å². The van der Waals surface area contributed by atoms with Gasteiger partial charge in [0.1, 0.15) is 0 Å². The van der Waals surface area contributed by atoms with Gasteiger partial charge in [-0.15, -0.1) is 0 Å². The topological polar surface area (TPSA) is 58.6 Å². The Hall–Kier alpha value is -1.26. The molecule has 0 amide bonds. The molecule has 0 bridgehead atoms. The van der Waals surface area contributed by atoms with E-state index in [1.807, 2.05) is 6.92 Å². The fourth-order valence-electron chi connectivity index (χ4n) is 1.19. The molecule has 0 aliphatic heterocycles. The lowest BCUT2D eigenvalue weighted by atomic mass is 10.2. The van der Waals surface area contributed by atoms with E-state index < -0.39 is 5.97 Å². The van der Waals surface area contributed by atoms with Gasteiger partial charge in [0, 0.05) is 13.2 Å². The highest BCUT2D eigenvalue weighted by Crippen LogP contribution is 2.22. The third-order valence-corrected chi connectivity index (χ3v) is 2.29. The Balaban J connectivity index is 2.57. The molecule has 0 unspecified atom stereocenters. The highest BCUT2D eigenvalue weighted by atomic mass is 35.5. The van der Waals surface area contributed by atoms with Gasteiger partial charge in [0.25, 0.3) is 0 Å². The average Bonchev–Trinajstić information content (AvgIpc) is 2.26. The zero-order chi connectivity index (χ0) is 12.0. The van der Waals surface area contributed by atoms with Crippen LogP contribution >= 0.6 is 11.6 Å². The molecule has 0 heterocycles. The first-order chi connectivity index (χ1) is 7.65. The second kappa shape index (κ2) is 6.35. The summed E-state index contributed by atoms with van der Waals surface area (Å²) in [4.78, 5) is 10.7. The number of carbonyl (C=O) groups is 1. The van der Waals surface area contributed by atoms with Crippen LogP contribution in [-0.2, 0) is 4.74 Å². The minimum absolute atomic E-state index is 0.181. The van der Waals surface area contributed by atoms with Gasteiger partial charge >= 0.3 is 5.97 Å². The van der Waals surface area contributed by atoms with Crippen LogP contribution in [0.5, 0.6) is 0 Å². The summed E-state index contributed by atoms with van der Waals surface area (Å²) >= 11 is 5.92. The largest absolute Gasteiger partial charge is 0.478 e. The van der Waals surface area contributed by atoms with Gasteiger partial charge in [-0.3, -0.25) is 0 Å². The number of rotatable bonds is 6. The van der Waals surface area contributed by atoms with E-state index in [4.69, 9.17) is 21.4 Å². The molecule has 1 aromatic rings. The Labute approximate surface area is 99.2 Å². The maximum absolute atomic E-state index is 10.7. The summed E-state index contributed by atoms with van der Waals surface area (Å²) in [5, 5.41) is 12.2. The van der Waals surface area contributed by atoms with Crippen molar-refractivity contribution < 1.29 is 14.6 Å². The molecule has 2 N–H and O–H groups in total. The summed E-state index contributed by atoms with van der Waals surface area (Å²) in [5.74, 6) is -0.984. The number of halogens is 1. The van der Waals surface area contributed by atoms with E-state index in [0.717, 1.165) is 0 Å². The van der Waals surface area contributed by atoms with Gasteiger partial charge < -0.3 is 15.2 Å². The molecule has 0 aliphatic rings. The zero-order valence-corrected chi connectivity index (χ0v) is 9.75. The lowest BCUT2D eigenvalue weighted by molar-refractivity contribution is 0.0697. The molecule has 5 heteroatoms. The molecule has 0 fully saturated rings. The summed E-state index contributed by atoms with van der Waals surface area (Å²) < 4.78 is 5.16. The van der Waals surface area contributed by atoms with Crippen molar-refractivity contribution in [2.45, 2.75) is 6.92 Å². The molecule has 0 spiro atoms. The lowest BCUT2D eigenvalue weighted by Crippen LogP contribution is -2.09. The summed E-state index contributed by atoms with van der Waals surface area (Å²) in [5.41, 5.74) is 0.895. The fraction of sp³-hybridized carbons (Fsp3) is 0.364. The van der Waals surface area contributed by atoms with Gasteiger partial charge in [0.05, 0.1) is 22.9 Å². The molecular weight excluding hydrogens is 230 g/mol. The molecule has 0 saturated carbocycles. The van der Waals surface area contributed by atoms with E-state index in [0.29, 0.717) is 30.5 Å². The van der Waals surface area contributed by atoms with Gasteiger partial charge in [0.2, 0.25) is 0 Å². The standard InChI is InChI=1S/C11H14ClNO3/c1-2-16-6-5-13-10-4-3-8(11(14)15)7-9(10)12/h3-4,7,13H,2,5-6H2,1H3,(H,14,15). The van der Waals surface area contributed by atoms with E-state index in [2.05, 4.69) is 5.32 Å². The number of anilines is 1. The predicted molar refractivity (Wildman–Crippen MR) is 63.4 cm³/mol. The van der Waals surface area contributed by atoms with Gasteiger partial charge in [-0.2, -0.15) is 0 Å². The molecule has 0 aliphatic carbocycles. The SMILES string of the molecule is CCOCCNc1ccc(C(=O)O)cc1Cl. The van der Waals surface area contributed by atoms with Gasteiger partial charge in [-0.05, 0) is 25.1 Å². The summed E-state index contributed by atoms with van der Waals surface area (Å²) in [6, 6.07) is 4.59. The normalized spacial score (nSPS) is 10.1. The number of hydrogen-bond acceptors (Lipinski definition) is 3. The number of carboxylic acid groups (broad SMARTS) is 1. The van der Waals surface area contributed by atoms with Crippen LogP contribution in [-0.4, -0.2) is 30.8 Å². The first-order valence-electron chi connectivity index (χ1n) is 4.99. The lowest BCUT2D eigenvalue weighted by Gasteiger charge is -2.08. The Morgan fingerprint density at radius 2 is 2.31 bits per heavy atom. The monoisotopic (exact) mass is 243 g/mol. The highest BCUT2D eigenvalue weighted by Gasteiger charge is 2.06. The third kappa shape index (κ3) is 3.72. The third-order valence-electron chi connectivity index (χ3n) is 1.98. The molecule has 16 heavy (non-hydrogen) atoms. The predicted octanol–water partition coefficient (Wildman–Crippen LogP) is 2.49. The van der Waals surface area contributed by atoms with Crippen molar-refractivity contribution in [3.63, 3.8) is 0 Å². The van der Waals surface area contributed by atoms with Crippen LogP contribution in [0, 0.1) is 0 Å². The smallest absolute Gasteiger partial charge is 0.335 e. The Bertz CT molecular complexity index is 368. The number of carboxylic acids is 1. The second-order valence-corrected chi connectivity index (χ2v) is 3.53. The van der Waals surface area contributed by atoms with Gasteiger partial charge in [-0.25, -0.2) is 4.79 Å². The number of ether oxygens (including phenoxy) is 1. The van der Waals surface area contributed by atoms with Crippen molar-refractivity contribution in [3.8, 4) is 0 Å². The van der Waals surface area contributed by atoms with Crippen LogP contribution in [0.1, 0.15) is 17.3 Å². The molecule has 0 aromatic heterocycles. The van der Waals surface area contributed by atoms with E-state index in [1.165, 1.54) is 12.1 Å². The van der Waals surface area contributed by atoms with Crippen LogP contribution in [0.3, 0.4) is 0 Å². The van der Waals surface area contributed by atoms with Crippen molar-refractivity contribution in [1.29, 1.82) is 0 Å². The number of nitrogens with one attached hydrogen (secondary N) is 1. The van der Waals surface area contributed by atoms with Crippen LogP contribution in [0.25, 0.3) is 0 Å². The number of aromatic carboxylic acids is 1. The fourth-order valence-corrected chi connectivity index (χ4v) is 1.44. The Morgan fingerprint density at radius 3 is 2.88 bits per heavy atom. The second-order valence-electron chi connectivity index (χ2n) is 3.12. The molecule has 0 atom stereocenters. The Kier molecular flexibility index (Phi) is 5.08. The molecular formula is C11H14ClNO3. The van der Waals surface area contributed by atoms with E-state index in [1.54, 1.807) is 6.07 Å². The van der Waals surface area contributed by atoms with Crippen molar-refractivity contribution in [2.24, 2.45) is 0 Å².